The van der Waals surface area contributed by atoms with E-state index in [2.05, 4.69) is 9.97 Å². The van der Waals surface area contributed by atoms with Crippen molar-refractivity contribution in [3.8, 4) is 0 Å². The van der Waals surface area contributed by atoms with Gasteiger partial charge >= 0.3 is 0 Å². The maximum Gasteiger partial charge on any atom is 0.136 e. The quantitative estimate of drug-likeness (QED) is 0.695. The molecule has 0 saturated heterocycles. The molecule has 0 radical (unpaired) electrons. The molecule has 0 spiro atoms. The molecule has 0 unspecified atom stereocenters. The average Bonchev–Trinajstić information content (AvgIpc) is 2.77. The Morgan fingerprint density at radius 3 is 2.89 bits per heavy atom. The molecular weight excluding hydrogens is 240 g/mol. The number of hydrogen-bond acceptors (Lipinski definition) is 4. The van der Waals surface area contributed by atoms with Crippen molar-refractivity contribution < 1.29 is 5.11 Å². The Balaban J connectivity index is 2.11. The van der Waals surface area contributed by atoms with Crippen LogP contribution in [-0.2, 0) is 13.2 Å². The van der Waals surface area contributed by atoms with Crippen LogP contribution in [0.2, 0.25) is 0 Å². The minimum Gasteiger partial charge on any atom is -0.399 e. The fourth-order valence-electron chi connectivity index (χ4n) is 2.17. The molecule has 0 aliphatic carbocycles. The Morgan fingerprint density at radius 1 is 1.26 bits per heavy atom. The van der Waals surface area contributed by atoms with Crippen molar-refractivity contribution in [2.45, 2.75) is 13.2 Å². The molecule has 2 heterocycles. The predicted molar refractivity (Wildman–Crippen MR) is 73.4 cm³/mol. The van der Waals surface area contributed by atoms with Crippen LogP contribution in [0.25, 0.3) is 11.0 Å². The van der Waals surface area contributed by atoms with Crippen molar-refractivity contribution in [1.29, 1.82) is 0 Å². The number of aliphatic hydroxyl groups is 1. The topological polar surface area (TPSA) is 77.0 Å². The van der Waals surface area contributed by atoms with Crippen LogP contribution in [0.4, 0.5) is 5.69 Å². The average molecular weight is 254 g/mol. The smallest absolute Gasteiger partial charge is 0.136 e. The minimum atomic E-state index is -0.102. The van der Waals surface area contributed by atoms with Gasteiger partial charge in [0, 0.05) is 18.1 Å². The first-order valence-electron chi connectivity index (χ1n) is 6.02. The molecule has 0 aliphatic heterocycles. The number of hydrogen-bond donors (Lipinski definition) is 2. The van der Waals surface area contributed by atoms with Crippen LogP contribution in [0.5, 0.6) is 0 Å². The molecule has 19 heavy (non-hydrogen) atoms. The standard InChI is InChI=1S/C14H14N4O/c15-11-3-4-13-12(6-11)17-14(9-19)18(13)8-10-2-1-5-16-7-10/h1-7,19H,8-9,15H2. The van der Waals surface area contributed by atoms with E-state index in [9.17, 15) is 5.11 Å². The van der Waals surface area contributed by atoms with Crippen LogP contribution in [0.15, 0.2) is 42.7 Å². The third-order valence-electron chi connectivity index (χ3n) is 3.06. The Morgan fingerprint density at radius 2 is 2.16 bits per heavy atom. The molecule has 0 atom stereocenters. The van der Waals surface area contributed by atoms with Gasteiger partial charge in [-0.2, -0.15) is 0 Å². The number of imidazole rings is 1. The maximum atomic E-state index is 9.44. The Kier molecular flexibility index (Phi) is 2.89. The molecule has 0 fully saturated rings. The van der Waals surface area contributed by atoms with Gasteiger partial charge in [-0.25, -0.2) is 4.98 Å². The van der Waals surface area contributed by atoms with Crippen LogP contribution in [0.3, 0.4) is 0 Å². The number of benzene rings is 1. The maximum absolute atomic E-state index is 9.44. The number of anilines is 1. The van der Waals surface area contributed by atoms with Crippen LogP contribution in [0.1, 0.15) is 11.4 Å². The number of aliphatic hydroxyl groups excluding tert-OH is 1. The summed E-state index contributed by atoms with van der Waals surface area (Å²) in [5.74, 6) is 0.629. The van der Waals surface area contributed by atoms with Crippen LogP contribution < -0.4 is 5.73 Å². The molecule has 0 saturated carbocycles. The van der Waals surface area contributed by atoms with Gasteiger partial charge in [0.15, 0.2) is 0 Å². The second-order valence-corrected chi connectivity index (χ2v) is 4.38. The number of nitrogen functional groups attached to an aromatic ring is 1. The van der Waals surface area contributed by atoms with Gasteiger partial charge in [0.05, 0.1) is 17.6 Å². The summed E-state index contributed by atoms with van der Waals surface area (Å²) in [5.41, 5.74) is 9.25. The summed E-state index contributed by atoms with van der Waals surface area (Å²) in [6, 6.07) is 9.47. The van der Waals surface area contributed by atoms with Gasteiger partial charge in [-0.3, -0.25) is 4.98 Å². The summed E-state index contributed by atoms with van der Waals surface area (Å²) >= 11 is 0. The van der Waals surface area contributed by atoms with Crippen molar-refractivity contribution in [2.24, 2.45) is 0 Å². The van der Waals surface area contributed by atoms with E-state index in [4.69, 9.17) is 5.73 Å². The van der Waals surface area contributed by atoms with Gasteiger partial charge in [0.25, 0.3) is 0 Å². The molecule has 0 bridgehead atoms. The van der Waals surface area contributed by atoms with Gasteiger partial charge in [0.1, 0.15) is 12.4 Å². The van der Waals surface area contributed by atoms with Crippen molar-refractivity contribution >= 4 is 16.7 Å². The molecular formula is C14H14N4O. The number of nitrogens with zero attached hydrogens (tertiary/aromatic N) is 3. The van der Waals surface area contributed by atoms with Crippen LogP contribution >= 0.6 is 0 Å². The van der Waals surface area contributed by atoms with Crippen molar-refractivity contribution in [3.63, 3.8) is 0 Å². The van der Waals surface area contributed by atoms with E-state index in [1.54, 1.807) is 6.20 Å². The van der Waals surface area contributed by atoms with E-state index < -0.39 is 0 Å². The second kappa shape index (κ2) is 4.70. The first-order chi connectivity index (χ1) is 9.28. The summed E-state index contributed by atoms with van der Waals surface area (Å²) in [6.45, 7) is 0.527. The molecule has 5 heteroatoms. The number of pyridine rings is 1. The highest BCUT2D eigenvalue weighted by Gasteiger charge is 2.10. The number of nitrogens with two attached hydrogens (primary N) is 1. The van der Waals surface area contributed by atoms with E-state index in [0.29, 0.717) is 18.1 Å². The van der Waals surface area contributed by atoms with Crippen molar-refractivity contribution in [1.82, 2.24) is 14.5 Å². The number of fused-ring (bicyclic) bond motifs is 1. The molecule has 0 aliphatic rings. The summed E-state index contributed by atoms with van der Waals surface area (Å²) in [4.78, 5) is 8.50. The zero-order chi connectivity index (χ0) is 13.2. The summed E-state index contributed by atoms with van der Waals surface area (Å²) in [5, 5.41) is 9.44. The molecule has 0 amide bonds. The lowest BCUT2D eigenvalue weighted by atomic mass is 10.2. The fourth-order valence-corrected chi connectivity index (χ4v) is 2.17. The van der Waals surface area contributed by atoms with Gasteiger partial charge in [-0.15, -0.1) is 0 Å². The van der Waals surface area contributed by atoms with Gasteiger partial charge in [-0.1, -0.05) is 6.07 Å². The zero-order valence-corrected chi connectivity index (χ0v) is 10.3. The number of aromatic nitrogens is 3. The highest BCUT2D eigenvalue weighted by atomic mass is 16.3. The Labute approximate surface area is 110 Å². The largest absolute Gasteiger partial charge is 0.399 e. The van der Waals surface area contributed by atoms with Crippen molar-refractivity contribution in [2.75, 3.05) is 5.73 Å². The van der Waals surface area contributed by atoms with Gasteiger partial charge < -0.3 is 15.4 Å². The Bertz CT molecular complexity index is 706. The first-order valence-corrected chi connectivity index (χ1v) is 6.02. The lowest BCUT2D eigenvalue weighted by Gasteiger charge is -2.07. The van der Waals surface area contributed by atoms with Crippen LogP contribution in [0, 0.1) is 0 Å². The third-order valence-corrected chi connectivity index (χ3v) is 3.06. The molecule has 1 aromatic carbocycles. The molecule has 3 rings (SSSR count). The molecule has 5 nitrogen and oxygen atoms in total. The van der Waals surface area contributed by atoms with Gasteiger partial charge in [0.2, 0.25) is 0 Å². The normalized spacial score (nSPS) is 11.0. The lowest BCUT2D eigenvalue weighted by Crippen LogP contribution is -2.05. The summed E-state index contributed by atoms with van der Waals surface area (Å²) < 4.78 is 1.98. The molecule has 96 valence electrons. The summed E-state index contributed by atoms with van der Waals surface area (Å²) in [7, 11) is 0. The monoisotopic (exact) mass is 254 g/mol. The SMILES string of the molecule is Nc1ccc2c(c1)nc(CO)n2Cc1cccnc1. The van der Waals surface area contributed by atoms with Crippen molar-refractivity contribution in [3.05, 3.63) is 54.1 Å². The third kappa shape index (κ3) is 2.15. The predicted octanol–water partition coefficient (Wildman–Crippen LogP) is 1.55. The van der Waals surface area contributed by atoms with E-state index >= 15 is 0 Å². The Hall–Kier alpha value is -2.40. The van der Waals surface area contributed by atoms with E-state index in [1.807, 2.05) is 41.1 Å². The fraction of sp³-hybridized carbons (Fsp3) is 0.143. The highest BCUT2D eigenvalue weighted by Crippen LogP contribution is 2.20. The van der Waals surface area contributed by atoms with E-state index in [1.165, 1.54) is 0 Å². The van der Waals surface area contributed by atoms with Gasteiger partial charge in [-0.05, 0) is 29.8 Å². The van der Waals surface area contributed by atoms with E-state index in [0.717, 1.165) is 16.6 Å². The highest BCUT2D eigenvalue weighted by molar-refractivity contribution is 5.79. The van der Waals surface area contributed by atoms with E-state index in [-0.39, 0.29) is 6.61 Å². The number of rotatable bonds is 3. The molecule has 3 aromatic rings. The minimum absolute atomic E-state index is 0.102. The first kappa shape index (κ1) is 11.7. The molecule has 2 aromatic heterocycles. The zero-order valence-electron chi connectivity index (χ0n) is 10.3. The molecule has 3 N–H and O–H groups in total. The summed E-state index contributed by atoms with van der Waals surface area (Å²) in [6.07, 6.45) is 3.55. The van der Waals surface area contributed by atoms with Crippen LogP contribution in [-0.4, -0.2) is 19.6 Å². The second-order valence-electron chi connectivity index (χ2n) is 4.38. The lowest BCUT2D eigenvalue weighted by molar-refractivity contribution is 0.267.